The molecule has 4 fully saturated rings. The smallest absolute Gasteiger partial charge is 0.224 e. The zero-order valence-corrected chi connectivity index (χ0v) is 14.5. The highest BCUT2D eigenvalue weighted by Gasteiger charge is 2.53. The lowest BCUT2D eigenvalue weighted by molar-refractivity contribution is -0.313. The SMILES string of the molecule is CC(NC(=O)C1CC=CCC1C(=O)[O-])C12CC3CC(CC(C3)C1)C2. The minimum absolute atomic E-state index is 0.0863. The van der Waals surface area contributed by atoms with Crippen LogP contribution in [0, 0.1) is 35.0 Å². The van der Waals surface area contributed by atoms with Gasteiger partial charge in [0.2, 0.25) is 5.91 Å². The molecule has 0 aromatic heterocycles. The molecule has 1 amide bonds. The number of aliphatic carboxylic acids is 1. The third kappa shape index (κ3) is 2.68. The van der Waals surface area contributed by atoms with Crippen LogP contribution in [-0.2, 0) is 9.59 Å². The van der Waals surface area contributed by atoms with Gasteiger partial charge in [0.25, 0.3) is 0 Å². The molecule has 132 valence electrons. The fraction of sp³-hybridized carbons (Fsp3) is 0.800. The van der Waals surface area contributed by atoms with Gasteiger partial charge in [0.15, 0.2) is 0 Å². The third-order valence-corrected chi connectivity index (χ3v) is 7.43. The Bertz CT molecular complexity index is 532. The standard InChI is InChI=1S/C20H29NO3/c1-12(20-9-13-6-14(10-20)8-15(7-13)11-20)21-18(22)16-4-2-3-5-17(16)19(23)24/h2-3,12-17H,4-11H2,1H3,(H,21,22)(H,23,24)/p-1. The van der Waals surface area contributed by atoms with Crippen LogP contribution in [0.5, 0.6) is 0 Å². The molecule has 0 aliphatic heterocycles. The minimum Gasteiger partial charge on any atom is -0.550 e. The Morgan fingerprint density at radius 3 is 2.00 bits per heavy atom. The molecule has 0 aromatic carbocycles. The Morgan fingerprint density at radius 1 is 1.00 bits per heavy atom. The Kier molecular flexibility index (Phi) is 3.97. The number of amides is 1. The van der Waals surface area contributed by atoms with Gasteiger partial charge in [0.1, 0.15) is 0 Å². The summed E-state index contributed by atoms with van der Waals surface area (Å²) in [6.45, 7) is 2.15. The fourth-order valence-electron chi connectivity index (χ4n) is 6.55. The molecular weight excluding hydrogens is 302 g/mol. The summed E-state index contributed by atoms with van der Waals surface area (Å²) in [6.07, 6.45) is 12.6. The van der Waals surface area contributed by atoms with E-state index in [0.29, 0.717) is 12.8 Å². The normalized spacial score (nSPS) is 44.3. The molecular formula is C20H28NO3-. The van der Waals surface area contributed by atoms with E-state index in [1.54, 1.807) is 0 Å². The van der Waals surface area contributed by atoms with Crippen molar-refractivity contribution in [2.24, 2.45) is 35.0 Å². The minimum atomic E-state index is -1.10. The van der Waals surface area contributed by atoms with Gasteiger partial charge >= 0.3 is 0 Å². The van der Waals surface area contributed by atoms with Gasteiger partial charge in [-0.3, -0.25) is 4.79 Å². The molecule has 0 saturated heterocycles. The predicted molar refractivity (Wildman–Crippen MR) is 88.6 cm³/mol. The summed E-state index contributed by atoms with van der Waals surface area (Å²) in [6, 6.07) is 0.145. The second-order valence-electron chi connectivity index (χ2n) is 8.99. The van der Waals surface area contributed by atoms with Gasteiger partial charge < -0.3 is 15.2 Å². The van der Waals surface area contributed by atoms with Gasteiger partial charge in [0.05, 0.1) is 0 Å². The number of hydrogen-bond donors (Lipinski definition) is 1. The van der Waals surface area contributed by atoms with Crippen LogP contribution in [-0.4, -0.2) is 17.9 Å². The lowest BCUT2D eigenvalue weighted by Gasteiger charge is -2.59. The summed E-state index contributed by atoms with van der Waals surface area (Å²) in [4.78, 5) is 24.1. The first-order valence-electron chi connectivity index (χ1n) is 9.63. The van der Waals surface area contributed by atoms with Crippen LogP contribution < -0.4 is 10.4 Å². The zero-order valence-electron chi connectivity index (χ0n) is 14.5. The van der Waals surface area contributed by atoms with Crippen molar-refractivity contribution in [2.45, 2.75) is 64.3 Å². The highest BCUT2D eigenvalue weighted by Crippen LogP contribution is 2.61. The number of carbonyl (C=O) groups is 2. The Balaban J connectivity index is 1.46. The zero-order chi connectivity index (χ0) is 16.9. The molecule has 5 aliphatic rings. The van der Waals surface area contributed by atoms with Crippen molar-refractivity contribution >= 4 is 11.9 Å². The number of carbonyl (C=O) groups excluding carboxylic acids is 2. The van der Waals surface area contributed by atoms with E-state index in [0.717, 1.165) is 17.8 Å². The summed E-state index contributed by atoms with van der Waals surface area (Å²) in [5, 5.41) is 14.6. The van der Waals surface area contributed by atoms with Gasteiger partial charge in [-0.2, -0.15) is 0 Å². The first-order chi connectivity index (χ1) is 11.5. The highest BCUT2D eigenvalue weighted by atomic mass is 16.4. The lowest BCUT2D eigenvalue weighted by Crippen LogP contribution is -2.57. The van der Waals surface area contributed by atoms with E-state index >= 15 is 0 Å². The third-order valence-electron chi connectivity index (χ3n) is 7.43. The fourth-order valence-corrected chi connectivity index (χ4v) is 6.55. The summed E-state index contributed by atoms with van der Waals surface area (Å²) in [5.74, 6) is 0.214. The Hall–Kier alpha value is -1.32. The van der Waals surface area contributed by atoms with E-state index in [2.05, 4.69) is 12.2 Å². The van der Waals surface area contributed by atoms with Crippen LogP contribution in [0.2, 0.25) is 0 Å². The Labute approximate surface area is 144 Å². The molecule has 0 heterocycles. The highest BCUT2D eigenvalue weighted by molar-refractivity contribution is 5.85. The second-order valence-corrected chi connectivity index (χ2v) is 8.99. The first kappa shape index (κ1) is 16.2. The summed E-state index contributed by atoms with van der Waals surface area (Å²) < 4.78 is 0. The van der Waals surface area contributed by atoms with E-state index in [-0.39, 0.29) is 17.4 Å². The molecule has 3 atom stereocenters. The number of carboxylic acid groups (broad SMARTS) is 1. The molecule has 4 saturated carbocycles. The number of nitrogens with one attached hydrogen (secondary N) is 1. The molecule has 0 aromatic rings. The van der Waals surface area contributed by atoms with Crippen LogP contribution in [0.4, 0.5) is 0 Å². The molecule has 3 unspecified atom stereocenters. The van der Waals surface area contributed by atoms with Crippen molar-refractivity contribution in [1.29, 1.82) is 0 Å². The van der Waals surface area contributed by atoms with E-state index in [1.165, 1.54) is 38.5 Å². The van der Waals surface area contributed by atoms with Gasteiger partial charge in [0, 0.05) is 23.8 Å². The van der Waals surface area contributed by atoms with E-state index < -0.39 is 17.8 Å². The van der Waals surface area contributed by atoms with Crippen molar-refractivity contribution in [3.63, 3.8) is 0 Å². The maximum Gasteiger partial charge on any atom is 0.224 e. The molecule has 1 N–H and O–H groups in total. The quantitative estimate of drug-likeness (QED) is 0.802. The van der Waals surface area contributed by atoms with Gasteiger partial charge in [-0.25, -0.2) is 0 Å². The summed E-state index contributed by atoms with van der Waals surface area (Å²) >= 11 is 0. The average Bonchev–Trinajstić information content (AvgIpc) is 2.53. The maximum atomic E-state index is 12.8. The van der Waals surface area contributed by atoms with E-state index in [4.69, 9.17) is 0 Å². The van der Waals surface area contributed by atoms with Crippen LogP contribution in [0.3, 0.4) is 0 Å². The summed E-state index contributed by atoms with van der Waals surface area (Å²) in [7, 11) is 0. The van der Waals surface area contributed by atoms with Crippen molar-refractivity contribution in [3.05, 3.63) is 12.2 Å². The molecule has 24 heavy (non-hydrogen) atoms. The second kappa shape index (κ2) is 5.89. The van der Waals surface area contributed by atoms with Gasteiger partial charge in [-0.05, 0) is 81.5 Å². The topological polar surface area (TPSA) is 69.2 Å². The molecule has 4 bridgehead atoms. The number of hydrogen-bond acceptors (Lipinski definition) is 3. The van der Waals surface area contributed by atoms with Crippen LogP contribution in [0.15, 0.2) is 12.2 Å². The monoisotopic (exact) mass is 330 g/mol. The largest absolute Gasteiger partial charge is 0.550 e. The molecule has 5 aliphatic carbocycles. The van der Waals surface area contributed by atoms with Crippen molar-refractivity contribution in [3.8, 4) is 0 Å². The number of allylic oxidation sites excluding steroid dienone is 2. The van der Waals surface area contributed by atoms with E-state index in [9.17, 15) is 14.7 Å². The van der Waals surface area contributed by atoms with Crippen molar-refractivity contribution in [1.82, 2.24) is 5.32 Å². The molecule has 4 nitrogen and oxygen atoms in total. The van der Waals surface area contributed by atoms with E-state index in [1.807, 2.05) is 12.2 Å². The molecule has 0 radical (unpaired) electrons. The number of rotatable bonds is 4. The van der Waals surface area contributed by atoms with Crippen LogP contribution in [0.1, 0.15) is 58.3 Å². The summed E-state index contributed by atoms with van der Waals surface area (Å²) in [5.41, 5.74) is 0.256. The average molecular weight is 330 g/mol. The lowest BCUT2D eigenvalue weighted by atomic mass is 9.48. The molecule has 5 rings (SSSR count). The van der Waals surface area contributed by atoms with Crippen LogP contribution >= 0.6 is 0 Å². The Morgan fingerprint density at radius 2 is 1.50 bits per heavy atom. The van der Waals surface area contributed by atoms with Crippen molar-refractivity contribution in [2.75, 3.05) is 0 Å². The van der Waals surface area contributed by atoms with Gasteiger partial charge in [-0.1, -0.05) is 12.2 Å². The molecule has 4 heteroatoms. The van der Waals surface area contributed by atoms with Crippen molar-refractivity contribution < 1.29 is 14.7 Å². The molecule has 0 spiro atoms. The maximum absolute atomic E-state index is 12.8. The first-order valence-corrected chi connectivity index (χ1v) is 9.63. The number of carboxylic acids is 1. The van der Waals surface area contributed by atoms with Crippen LogP contribution in [0.25, 0.3) is 0 Å². The predicted octanol–water partition coefficient (Wildman–Crippen LogP) is 2.04. The van der Waals surface area contributed by atoms with Gasteiger partial charge in [-0.15, -0.1) is 0 Å².